The molecule has 0 radical (unpaired) electrons. The maximum Gasteiger partial charge on any atom is 0.219 e. The van der Waals surface area contributed by atoms with Crippen molar-refractivity contribution in [1.29, 1.82) is 0 Å². The van der Waals surface area contributed by atoms with E-state index < -0.39 is 0 Å². The van der Waals surface area contributed by atoms with Gasteiger partial charge in [0.15, 0.2) is 5.96 Å². The molecular weight excluding hydrogens is 216 g/mol. The molecule has 2 rings (SSSR count). The third-order valence-electron chi connectivity index (χ3n) is 3.43. The molecule has 5 heteroatoms. The van der Waals surface area contributed by atoms with Gasteiger partial charge in [-0.05, 0) is 25.7 Å². The van der Waals surface area contributed by atoms with Gasteiger partial charge in [-0.15, -0.1) is 0 Å². The van der Waals surface area contributed by atoms with Crippen LogP contribution in [0.5, 0.6) is 0 Å². The quantitative estimate of drug-likeness (QED) is 0.721. The second kappa shape index (κ2) is 5.38. The van der Waals surface area contributed by atoms with Gasteiger partial charge in [-0.1, -0.05) is 0 Å². The van der Waals surface area contributed by atoms with Crippen LogP contribution < -0.4 is 10.6 Å². The summed E-state index contributed by atoms with van der Waals surface area (Å²) in [5.74, 6) is 1.66. The van der Waals surface area contributed by atoms with Crippen LogP contribution in [0.25, 0.3) is 0 Å². The van der Waals surface area contributed by atoms with Crippen molar-refractivity contribution in [1.82, 2.24) is 15.5 Å². The molecule has 0 saturated carbocycles. The van der Waals surface area contributed by atoms with Crippen molar-refractivity contribution in [2.75, 3.05) is 26.2 Å². The topological polar surface area (TPSA) is 56.7 Å². The SMILES string of the molecule is CC(=O)N1CCCC(CNC2=NCC(C)N2)C1. The first-order valence-corrected chi connectivity index (χ1v) is 6.45. The van der Waals surface area contributed by atoms with Crippen LogP contribution in [0.3, 0.4) is 0 Å². The Bertz CT molecular complexity index is 316. The van der Waals surface area contributed by atoms with Gasteiger partial charge in [-0.2, -0.15) is 0 Å². The highest BCUT2D eigenvalue weighted by Gasteiger charge is 2.22. The van der Waals surface area contributed by atoms with Crippen LogP contribution in [0.2, 0.25) is 0 Å². The predicted molar refractivity (Wildman–Crippen MR) is 67.9 cm³/mol. The van der Waals surface area contributed by atoms with E-state index >= 15 is 0 Å². The number of carbonyl (C=O) groups excluding carboxylic acids is 1. The van der Waals surface area contributed by atoms with Gasteiger partial charge in [-0.3, -0.25) is 9.79 Å². The van der Waals surface area contributed by atoms with E-state index in [4.69, 9.17) is 0 Å². The third kappa shape index (κ3) is 3.35. The lowest BCUT2D eigenvalue weighted by atomic mass is 9.98. The minimum Gasteiger partial charge on any atom is -0.356 e. The van der Waals surface area contributed by atoms with Crippen LogP contribution in [-0.2, 0) is 4.79 Å². The summed E-state index contributed by atoms with van der Waals surface area (Å²) >= 11 is 0. The summed E-state index contributed by atoms with van der Waals surface area (Å²) in [6.07, 6.45) is 2.31. The molecule has 0 aromatic rings. The number of nitrogens with zero attached hydrogens (tertiary/aromatic N) is 2. The molecule has 5 nitrogen and oxygen atoms in total. The van der Waals surface area contributed by atoms with E-state index in [1.54, 1.807) is 6.92 Å². The monoisotopic (exact) mass is 238 g/mol. The fourth-order valence-corrected chi connectivity index (χ4v) is 2.42. The summed E-state index contributed by atoms with van der Waals surface area (Å²) in [6.45, 7) is 7.33. The molecule has 1 amide bonds. The van der Waals surface area contributed by atoms with Crippen LogP contribution >= 0.6 is 0 Å². The minimum absolute atomic E-state index is 0.194. The Hall–Kier alpha value is -1.26. The first-order valence-electron chi connectivity index (χ1n) is 6.45. The van der Waals surface area contributed by atoms with Crippen LogP contribution in [0.4, 0.5) is 0 Å². The van der Waals surface area contributed by atoms with Gasteiger partial charge in [0.1, 0.15) is 0 Å². The minimum atomic E-state index is 0.194. The van der Waals surface area contributed by atoms with E-state index in [9.17, 15) is 4.79 Å². The second-order valence-corrected chi connectivity index (χ2v) is 5.09. The smallest absolute Gasteiger partial charge is 0.219 e. The third-order valence-corrected chi connectivity index (χ3v) is 3.43. The first kappa shape index (κ1) is 12.2. The van der Waals surface area contributed by atoms with Gasteiger partial charge >= 0.3 is 0 Å². The fraction of sp³-hybridized carbons (Fsp3) is 0.833. The Kier molecular flexibility index (Phi) is 3.86. The summed E-state index contributed by atoms with van der Waals surface area (Å²) in [6, 6.07) is 0.442. The first-order chi connectivity index (χ1) is 8.15. The van der Waals surface area contributed by atoms with Crippen LogP contribution in [-0.4, -0.2) is 49.0 Å². The number of likely N-dealkylation sites (tertiary alicyclic amines) is 1. The molecule has 96 valence electrons. The summed E-state index contributed by atoms with van der Waals surface area (Å²) in [7, 11) is 0. The molecule has 2 heterocycles. The van der Waals surface area contributed by atoms with E-state index in [-0.39, 0.29) is 5.91 Å². The number of amides is 1. The van der Waals surface area contributed by atoms with Crippen molar-refractivity contribution < 1.29 is 4.79 Å². The summed E-state index contributed by atoms with van der Waals surface area (Å²) in [5, 5.41) is 6.63. The Labute approximate surface area is 103 Å². The lowest BCUT2D eigenvalue weighted by Crippen LogP contribution is -2.45. The molecule has 2 N–H and O–H groups in total. The largest absolute Gasteiger partial charge is 0.356 e. The van der Waals surface area contributed by atoms with Crippen LogP contribution in [0, 0.1) is 5.92 Å². The molecule has 0 bridgehead atoms. The van der Waals surface area contributed by atoms with Crippen molar-refractivity contribution in [2.45, 2.75) is 32.7 Å². The Morgan fingerprint density at radius 1 is 1.65 bits per heavy atom. The van der Waals surface area contributed by atoms with Gasteiger partial charge in [0.2, 0.25) is 5.91 Å². The number of piperidine rings is 1. The zero-order valence-corrected chi connectivity index (χ0v) is 10.7. The normalized spacial score (nSPS) is 28.6. The van der Waals surface area contributed by atoms with Crippen molar-refractivity contribution >= 4 is 11.9 Å². The van der Waals surface area contributed by atoms with Gasteiger partial charge < -0.3 is 15.5 Å². The number of carbonyl (C=O) groups is 1. The maximum atomic E-state index is 11.3. The summed E-state index contributed by atoms with van der Waals surface area (Å²) < 4.78 is 0. The van der Waals surface area contributed by atoms with Crippen molar-refractivity contribution in [3.63, 3.8) is 0 Å². The zero-order chi connectivity index (χ0) is 12.3. The van der Waals surface area contributed by atoms with E-state index in [2.05, 4.69) is 22.5 Å². The maximum absolute atomic E-state index is 11.3. The van der Waals surface area contributed by atoms with E-state index in [1.165, 1.54) is 6.42 Å². The highest BCUT2D eigenvalue weighted by Crippen LogP contribution is 2.15. The number of nitrogens with one attached hydrogen (secondary N) is 2. The number of hydrogen-bond acceptors (Lipinski definition) is 4. The molecule has 2 aliphatic heterocycles. The molecular formula is C12H22N4O. The molecule has 0 aromatic heterocycles. The van der Waals surface area contributed by atoms with Gasteiger partial charge in [0.05, 0.1) is 6.54 Å². The molecule has 2 atom stereocenters. The van der Waals surface area contributed by atoms with Gasteiger partial charge in [-0.25, -0.2) is 0 Å². The predicted octanol–water partition coefficient (Wildman–Crippen LogP) is 0.182. The summed E-state index contributed by atoms with van der Waals surface area (Å²) in [5.41, 5.74) is 0. The van der Waals surface area contributed by atoms with Gasteiger partial charge in [0, 0.05) is 32.6 Å². The van der Waals surface area contributed by atoms with Crippen molar-refractivity contribution in [3.8, 4) is 0 Å². The molecule has 1 fully saturated rings. The molecule has 2 aliphatic rings. The van der Waals surface area contributed by atoms with Crippen molar-refractivity contribution in [3.05, 3.63) is 0 Å². The molecule has 17 heavy (non-hydrogen) atoms. The molecule has 1 saturated heterocycles. The standard InChI is InChI=1S/C12H22N4O/c1-9-6-13-12(15-9)14-7-11-4-3-5-16(8-11)10(2)17/h9,11H,3-8H2,1-2H3,(H2,13,14,15). The van der Waals surface area contributed by atoms with E-state index in [0.29, 0.717) is 12.0 Å². The highest BCUT2D eigenvalue weighted by atomic mass is 16.2. The number of rotatable bonds is 2. The lowest BCUT2D eigenvalue weighted by Gasteiger charge is -2.32. The fourth-order valence-electron chi connectivity index (χ4n) is 2.42. The average molecular weight is 238 g/mol. The second-order valence-electron chi connectivity index (χ2n) is 5.09. The van der Waals surface area contributed by atoms with Gasteiger partial charge in [0.25, 0.3) is 0 Å². The summed E-state index contributed by atoms with van der Waals surface area (Å²) in [4.78, 5) is 17.6. The van der Waals surface area contributed by atoms with Crippen LogP contribution in [0.15, 0.2) is 4.99 Å². The number of aliphatic imine (C=N–C) groups is 1. The van der Waals surface area contributed by atoms with E-state index in [0.717, 1.165) is 38.6 Å². The Morgan fingerprint density at radius 3 is 3.12 bits per heavy atom. The molecule has 0 aliphatic carbocycles. The number of hydrogen-bond donors (Lipinski definition) is 2. The van der Waals surface area contributed by atoms with E-state index in [1.807, 2.05) is 4.90 Å². The molecule has 0 aromatic carbocycles. The Morgan fingerprint density at radius 2 is 2.47 bits per heavy atom. The van der Waals surface area contributed by atoms with Crippen LogP contribution in [0.1, 0.15) is 26.7 Å². The highest BCUT2D eigenvalue weighted by molar-refractivity contribution is 5.81. The molecule has 0 spiro atoms. The molecule has 2 unspecified atom stereocenters. The number of guanidine groups is 1. The Balaban J connectivity index is 1.74. The zero-order valence-electron chi connectivity index (χ0n) is 10.7. The van der Waals surface area contributed by atoms with Crippen molar-refractivity contribution in [2.24, 2.45) is 10.9 Å². The average Bonchev–Trinajstić information content (AvgIpc) is 2.73. The lowest BCUT2D eigenvalue weighted by molar-refractivity contribution is -0.130.